The first-order valence-electron chi connectivity index (χ1n) is 10.3. The molecule has 1 fully saturated rings. The molecule has 2 N–H and O–H groups in total. The Kier molecular flexibility index (Phi) is 6.20. The van der Waals surface area contributed by atoms with E-state index < -0.39 is 11.5 Å². The number of likely N-dealkylation sites (tertiary alicyclic amines) is 1. The third-order valence-corrected chi connectivity index (χ3v) is 6.61. The van der Waals surface area contributed by atoms with Gasteiger partial charge in [-0.25, -0.2) is 4.98 Å². The second kappa shape index (κ2) is 8.79. The Morgan fingerprint density at radius 2 is 1.91 bits per heavy atom. The highest BCUT2D eigenvalue weighted by molar-refractivity contribution is 9.10. The molecule has 8 nitrogen and oxygen atoms in total. The monoisotopic (exact) mass is 532 g/mol. The highest BCUT2D eigenvalue weighted by Gasteiger charge is 2.37. The van der Waals surface area contributed by atoms with Gasteiger partial charge in [0.25, 0.3) is 11.5 Å². The summed E-state index contributed by atoms with van der Waals surface area (Å²) in [5.74, 6) is -0.975. The summed E-state index contributed by atoms with van der Waals surface area (Å²) < 4.78 is 1.47. The number of nitrogens with zero attached hydrogens (tertiary/aromatic N) is 3. The molecule has 1 aliphatic heterocycles. The zero-order valence-corrected chi connectivity index (χ0v) is 20.4. The number of hydrogen-bond donors (Lipinski definition) is 2. The van der Waals surface area contributed by atoms with Gasteiger partial charge in [0.1, 0.15) is 23.5 Å². The summed E-state index contributed by atoms with van der Waals surface area (Å²) in [6, 6.07) is 8.33. The van der Waals surface area contributed by atoms with Crippen LogP contribution in [0, 0.1) is 5.41 Å². The molecule has 10 heteroatoms. The number of nitrogens with one attached hydrogen (secondary N) is 1. The topological polar surface area (TPSA) is 105 Å². The molecule has 3 aromatic rings. The second-order valence-electron chi connectivity index (χ2n) is 8.87. The molecule has 1 saturated heterocycles. The molecule has 3 heterocycles. The summed E-state index contributed by atoms with van der Waals surface area (Å²) in [7, 11) is 0. The average Bonchev–Trinajstić information content (AvgIpc) is 2.75. The minimum absolute atomic E-state index is 0.0408. The molecule has 0 unspecified atom stereocenters. The van der Waals surface area contributed by atoms with Gasteiger partial charge in [0.2, 0.25) is 5.91 Å². The molecule has 33 heavy (non-hydrogen) atoms. The molecular weight excluding hydrogens is 512 g/mol. The Morgan fingerprint density at radius 1 is 1.24 bits per heavy atom. The quantitative estimate of drug-likeness (QED) is 0.524. The minimum atomic E-state index is -0.630. The Morgan fingerprint density at radius 3 is 2.55 bits per heavy atom. The summed E-state index contributed by atoms with van der Waals surface area (Å²) in [6.45, 7) is 5.24. The lowest BCUT2D eigenvalue weighted by atomic mass is 9.84. The Bertz CT molecular complexity index is 1310. The molecule has 4 rings (SSSR count). The standard InChI is InChI=1S/C23H22BrClN4O4/c1-23(2)11-28(12-23)18(31)10-29-20-15(19(24)17(30)9-26-20)7-16(22(29)33)21(32)27-8-13-3-5-14(25)6-4-13/h3-7,9,30H,8,10-12H2,1-2H3,(H,27,32). The summed E-state index contributed by atoms with van der Waals surface area (Å²) in [5.41, 5.74) is 0.270. The van der Waals surface area contributed by atoms with Crippen LogP contribution in [0.1, 0.15) is 29.8 Å². The largest absolute Gasteiger partial charge is 0.505 e. The van der Waals surface area contributed by atoms with Crippen molar-refractivity contribution in [1.82, 2.24) is 19.8 Å². The average molecular weight is 534 g/mol. The molecule has 1 aliphatic rings. The molecule has 1 aromatic carbocycles. The molecule has 0 saturated carbocycles. The van der Waals surface area contributed by atoms with E-state index in [9.17, 15) is 19.5 Å². The lowest BCUT2D eigenvalue weighted by molar-refractivity contribution is -0.142. The van der Waals surface area contributed by atoms with Crippen LogP contribution in [0.5, 0.6) is 5.75 Å². The van der Waals surface area contributed by atoms with E-state index in [-0.39, 0.29) is 45.8 Å². The van der Waals surface area contributed by atoms with Crippen molar-refractivity contribution < 1.29 is 14.7 Å². The van der Waals surface area contributed by atoms with Gasteiger partial charge < -0.3 is 15.3 Å². The number of aromatic hydroxyl groups is 1. The van der Waals surface area contributed by atoms with Gasteiger partial charge in [-0.2, -0.15) is 0 Å². The summed E-state index contributed by atoms with van der Waals surface area (Å²) in [5, 5.41) is 13.7. The third-order valence-electron chi connectivity index (χ3n) is 5.53. The fourth-order valence-corrected chi connectivity index (χ4v) is 4.38. The number of benzene rings is 1. The zero-order valence-electron chi connectivity index (χ0n) is 18.1. The second-order valence-corrected chi connectivity index (χ2v) is 10.1. The number of carbonyl (C=O) groups is 2. The highest BCUT2D eigenvalue weighted by Crippen LogP contribution is 2.31. The maximum absolute atomic E-state index is 13.3. The van der Waals surface area contributed by atoms with E-state index in [2.05, 4.69) is 40.1 Å². The van der Waals surface area contributed by atoms with E-state index in [1.807, 2.05) is 0 Å². The molecule has 172 valence electrons. The van der Waals surface area contributed by atoms with E-state index in [4.69, 9.17) is 11.6 Å². The van der Waals surface area contributed by atoms with Gasteiger partial charge in [-0.1, -0.05) is 37.6 Å². The lowest BCUT2D eigenvalue weighted by Gasteiger charge is -2.45. The predicted molar refractivity (Wildman–Crippen MR) is 128 cm³/mol. The maximum atomic E-state index is 13.3. The van der Waals surface area contributed by atoms with Crippen LogP contribution in [0.3, 0.4) is 0 Å². The third kappa shape index (κ3) is 4.74. The van der Waals surface area contributed by atoms with Gasteiger partial charge in [0.05, 0.1) is 10.7 Å². The van der Waals surface area contributed by atoms with Crippen molar-refractivity contribution in [1.29, 1.82) is 0 Å². The predicted octanol–water partition coefficient (Wildman–Crippen LogP) is 3.32. The number of carbonyl (C=O) groups excluding carboxylic acids is 2. The van der Waals surface area contributed by atoms with Crippen LogP contribution in [0.2, 0.25) is 5.02 Å². The smallest absolute Gasteiger partial charge is 0.265 e. The van der Waals surface area contributed by atoms with Crippen molar-refractivity contribution in [2.75, 3.05) is 13.1 Å². The van der Waals surface area contributed by atoms with E-state index >= 15 is 0 Å². The van der Waals surface area contributed by atoms with Crippen molar-refractivity contribution in [2.24, 2.45) is 5.41 Å². The number of aromatic nitrogens is 2. The van der Waals surface area contributed by atoms with Gasteiger partial charge >= 0.3 is 0 Å². The van der Waals surface area contributed by atoms with Crippen LogP contribution >= 0.6 is 27.5 Å². The number of amides is 2. The van der Waals surface area contributed by atoms with Crippen LogP contribution in [0.25, 0.3) is 11.0 Å². The molecule has 0 atom stereocenters. The van der Waals surface area contributed by atoms with Gasteiger partial charge in [-0.15, -0.1) is 0 Å². The van der Waals surface area contributed by atoms with E-state index in [0.29, 0.717) is 23.5 Å². The van der Waals surface area contributed by atoms with Crippen molar-refractivity contribution in [3.8, 4) is 5.75 Å². The first-order chi connectivity index (χ1) is 15.6. The maximum Gasteiger partial charge on any atom is 0.265 e. The van der Waals surface area contributed by atoms with Gasteiger partial charge in [-0.3, -0.25) is 19.0 Å². The normalized spacial score (nSPS) is 14.7. The van der Waals surface area contributed by atoms with E-state index in [1.54, 1.807) is 29.2 Å². The first-order valence-corrected chi connectivity index (χ1v) is 11.4. The lowest BCUT2D eigenvalue weighted by Crippen LogP contribution is -2.56. The van der Waals surface area contributed by atoms with Crippen LogP contribution in [0.15, 0.2) is 45.8 Å². The fraction of sp³-hybridized carbons (Fsp3) is 0.304. The van der Waals surface area contributed by atoms with Crippen LogP contribution in [-0.2, 0) is 17.9 Å². The number of fused-ring (bicyclic) bond motifs is 1. The van der Waals surface area contributed by atoms with Gasteiger partial charge in [-0.05, 0) is 45.1 Å². The molecule has 0 spiro atoms. The number of hydrogen-bond acceptors (Lipinski definition) is 5. The molecule has 2 aromatic heterocycles. The Balaban J connectivity index is 1.69. The Labute approximate surface area is 203 Å². The molecule has 0 aliphatic carbocycles. The van der Waals surface area contributed by atoms with Gasteiger partial charge in [0, 0.05) is 30.0 Å². The van der Waals surface area contributed by atoms with Crippen molar-refractivity contribution >= 4 is 50.4 Å². The fourth-order valence-electron chi connectivity index (χ4n) is 3.86. The number of halogens is 2. The van der Waals surface area contributed by atoms with E-state index in [1.165, 1.54) is 16.8 Å². The van der Waals surface area contributed by atoms with Crippen molar-refractivity contribution in [3.05, 3.63) is 67.5 Å². The highest BCUT2D eigenvalue weighted by atomic mass is 79.9. The molecular formula is C23H22BrClN4O4. The molecule has 0 bridgehead atoms. The minimum Gasteiger partial charge on any atom is -0.505 e. The van der Waals surface area contributed by atoms with Crippen LogP contribution in [0.4, 0.5) is 0 Å². The first kappa shape index (κ1) is 23.3. The summed E-state index contributed by atoms with van der Waals surface area (Å²) in [6.07, 6.45) is 1.19. The zero-order chi connectivity index (χ0) is 23.9. The van der Waals surface area contributed by atoms with E-state index in [0.717, 1.165) is 5.56 Å². The van der Waals surface area contributed by atoms with Gasteiger partial charge in [0.15, 0.2) is 0 Å². The SMILES string of the molecule is CC1(C)CN(C(=O)Cn2c(=O)c(C(=O)NCc3ccc(Cl)cc3)cc3c(Br)c(O)cnc32)C1. The number of rotatable bonds is 5. The molecule has 0 radical (unpaired) electrons. The summed E-state index contributed by atoms with van der Waals surface area (Å²) >= 11 is 9.19. The van der Waals surface area contributed by atoms with Crippen LogP contribution in [-0.4, -0.2) is 44.5 Å². The number of pyridine rings is 2. The van der Waals surface area contributed by atoms with Crippen molar-refractivity contribution in [2.45, 2.75) is 26.9 Å². The molecule has 2 amide bonds. The van der Waals surface area contributed by atoms with Crippen molar-refractivity contribution in [3.63, 3.8) is 0 Å². The van der Waals surface area contributed by atoms with Crippen LogP contribution < -0.4 is 10.9 Å². The Hall–Kier alpha value is -2.91. The summed E-state index contributed by atoms with van der Waals surface area (Å²) in [4.78, 5) is 44.8.